The largest absolute Gasteiger partial charge is 0.299 e. The van der Waals surface area contributed by atoms with Crippen LogP contribution in [0.15, 0.2) is 6.20 Å². The number of aromatic nitrogens is 1. The molecule has 6 heteroatoms. The van der Waals surface area contributed by atoms with Crippen LogP contribution < -0.4 is 5.32 Å². The number of likely N-dealkylation sites (tertiary alicyclic amines) is 1. The average Bonchev–Trinajstić information content (AvgIpc) is 2.88. The molecule has 1 atom stereocenters. The quantitative estimate of drug-likeness (QED) is 0.796. The molecule has 1 aliphatic heterocycles. The van der Waals surface area contributed by atoms with Crippen molar-refractivity contribution in [1.29, 1.82) is 0 Å². The monoisotopic (exact) mass is 253 g/mol. The smallest absolute Gasteiger partial charge is 0.246 e. The van der Waals surface area contributed by atoms with Crippen molar-refractivity contribution in [3.63, 3.8) is 0 Å². The third kappa shape index (κ3) is 2.53. The highest BCUT2D eigenvalue weighted by Gasteiger charge is 2.35. The summed E-state index contributed by atoms with van der Waals surface area (Å²) in [6.07, 6.45) is 3.08. The molecule has 0 spiro atoms. The molecule has 2 amide bonds. The Balaban J connectivity index is 1.90. The van der Waals surface area contributed by atoms with E-state index in [9.17, 15) is 9.59 Å². The average molecular weight is 253 g/mol. The summed E-state index contributed by atoms with van der Waals surface area (Å²) < 4.78 is 0. The van der Waals surface area contributed by atoms with Crippen LogP contribution in [0.3, 0.4) is 0 Å². The molecule has 1 saturated heterocycles. The van der Waals surface area contributed by atoms with Gasteiger partial charge in [-0.05, 0) is 6.42 Å². The van der Waals surface area contributed by atoms with Crippen molar-refractivity contribution in [2.45, 2.75) is 32.4 Å². The van der Waals surface area contributed by atoms with E-state index in [1.807, 2.05) is 6.20 Å². The summed E-state index contributed by atoms with van der Waals surface area (Å²) in [6.45, 7) is 2.63. The van der Waals surface area contributed by atoms with Crippen LogP contribution in [0.1, 0.15) is 23.2 Å². The minimum Gasteiger partial charge on any atom is -0.299 e. The van der Waals surface area contributed by atoms with E-state index >= 15 is 0 Å². The van der Waals surface area contributed by atoms with Gasteiger partial charge < -0.3 is 0 Å². The zero-order valence-corrected chi connectivity index (χ0v) is 10.7. The molecule has 92 valence electrons. The highest BCUT2D eigenvalue weighted by molar-refractivity contribution is 7.11. The molecule has 2 heterocycles. The van der Waals surface area contributed by atoms with Crippen molar-refractivity contribution in [3.05, 3.63) is 16.1 Å². The van der Waals surface area contributed by atoms with E-state index in [0.717, 1.165) is 11.4 Å². The fourth-order valence-electron chi connectivity index (χ4n) is 1.72. The van der Waals surface area contributed by atoms with Crippen molar-refractivity contribution in [1.82, 2.24) is 15.2 Å². The number of hydrogen-bond donors (Lipinski definition) is 1. The molecule has 0 saturated carbocycles. The Bertz CT molecular complexity index is 444. The number of thiazole rings is 1. The third-order valence-corrected chi connectivity index (χ3v) is 3.97. The lowest BCUT2D eigenvalue weighted by Gasteiger charge is -2.09. The van der Waals surface area contributed by atoms with Crippen molar-refractivity contribution in [2.24, 2.45) is 0 Å². The van der Waals surface area contributed by atoms with Crippen molar-refractivity contribution in [2.75, 3.05) is 7.05 Å². The van der Waals surface area contributed by atoms with Gasteiger partial charge in [0, 0.05) is 24.7 Å². The van der Waals surface area contributed by atoms with E-state index in [-0.39, 0.29) is 24.3 Å². The van der Waals surface area contributed by atoms with Gasteiger partial charge in [-0.2, -0.15) is 0 Å². The van der Waals surface area contributed by atoms with Gasteiger partial charge >= 0.3 is 0 Å². The van der Waals surface area contributed by atoms with Crippen LogP contribution in [-0.4, -0.2) is 34.8 Å². The first kappa shape index (κ1) is 12.2. The Labute approximate surface area is 104 Å². The van der Waals surface area contributed by atoms with Gasteiger partial charge in [0.2, 0.25) is 11.8 Å². The summed E-state index contributed by atoms with van der Waals surface area (Å²) in [5.41, 5.74) is 0. The fraction of sp³-hybridized carbons (Fsp3) is 0.545. The van der Waals surface area contributed by atoms with Crippen molar-refractivity contribution < 1.29 is 9.59 Å². The predicted molar refractivity (Wildman–Crippen MR) is 64.5 cm³/mol. The number of rotatable bonds is 4. The van der Waals surface area contributed by atoms with E-state index in [1.54, 1.807) is 11.3 Å². The minimum absolute atomic E-state index is 0.124. The number of imide groups is 1. The summed E-state index contributed by atoms with van der Waals surface area (Å²) in [5.74, 6) is -0.275. The summed E-state index contributed by atoms with van der Waals surface area (Å²) in [5, 5.41) is 4.04. The zero-order chi connectivity index (χ0) is 12.4. The van der Waals surface area contributed by atoms with E-state index in [2.05, 4.69) is 17.2 Å². The molecule has 0 radical (unpaired) electrons. The van der Waals surface area contributed by atoms with E-state index in [1.165, 1.54) is 16.8 Å². The molecule has 1 N–H and O–H groups in total. The third-order valence-electron chi connectivity index (χ3n) is 2.83. The highest BCUT2D eigenvalue weighted by Crippen LogP contribution is 2.15. The van der Waals surface area contributed by atoms with Gasteiger partial charge in [0.05, 0.1) is 12.5 Å². The van der Waals surface area contributed by atoms with Crippen LogP contribution in [0.5, 0.6) is 0 Å². The lowest BCUT2D eigenvalue weighted by molar-refractivity contribution is -0.137. The number of nitrogens with zero attached hydrogens (tertiary/aromatic N) is 2. The molecule has 1 unspecified atom stereocenters. The Morgan fingerprint density at radius 3 is 2.88 bits per heavy atom. The van der Waals surface area contributed by atoms with Gasteiger partial charge in [-0.15, -0.1) is 11.3 Å². The van der Waals surface area contributed by atoms with Crippen LogP contribution in [0, 0.1) is 0 Å². The number of carbonyl (C=O) groups excluding carboxylic acids is 2. The zero-order valence-electron chi connectivity index (χ0n) is 9.90. The molecule has 1 fully saturated rings. The molecule has 17 heavy (non-hydrogen) atoms. The van der Waals surface area contributed by atoms with Crippen molar-refractivity contribution >= 4 is 23.2 Å². The van der Waals surface area contributed by atoms with Crippen LogP contribution in [0.25, 0.3) is 0 Å². The second-order valence-electron chi connectivity index (χ2n) is 4.00. The number of aryl methyl sites for hydroxylation is 1. The number of likely N-dealkylation sites (N-methyl/N-ethyl adjacent to an activating group) is 1. The fourth-order valence-corrected chi connectivity index (χ4v) is 2.53. The van der Waals surface area contributed by atoms with E-state index in [0.29, 0.717) is 6.54 Å². The first-order valence-electron chi connectivity index (χ1n) is 5.59. The molecule has 5 nitrogen and oxygen atoms in total. The maximum Gasteiger partial charge on any atom is 0.246 e. The molecular formula is C11H15N3O2S. The molecule has 0 aromatic carbocycles. The molecule has 1 aromatic rings. The molecule has 0 aliphatic carbocycles. The maximum atomic E-state index is 11.6. The normalized spacial score (nSPS) is 20.4. The molecular weight excluding hydrogens is 238 g/mol. The number of amides is 2. The van der Waals surface area contributed by atoms with E-state index in [4.69, 9.17) is 0 Å². The standard InChI is InChI=1S/C11H15N3O2S/c1-3-7-5-13-9(17-7)6-12-8-4-10(15)14(2)11(8)16/h5,8,12H,3-4,6H2,1-2H3. The predicted octanol–water partition coefficient (Wildman–Crippen LogP) is 0.552. The molecule has 1 aromatic heterocycles. The van der Waals surface area contributed by atoms with E-state index < -0.39 is 0 Å². The molecule has 0 bridgehead atoms. The van der Waals surface area contributed by atoms with Gasteiger partial charge in [-0.1, -0.05) is 6.92 Å². The second kappa shape index (κ2) is 4.93. The van der Waals surface area contributed by atoms with Gasteiger partial charge in [0.1, 0.15) is 5.01 Å². The lowest BCUT2D eigenvalue weighted by atomic mass is 10.2. The van der Waals surface area contributed by atoms with Gasteiger partial charge in [0.15, 0.2) is 0 Å². The van der Waals surface area contributed by atoms with Crippen LogP contribution >= 0.6 is 11.3 Å². The minimum atomic E-state index is -0.388. The highest BCUT2D eigenvalue weighted by atomic mass is 32.1. The molecule has 2 rings (SSSR count). The van der Waals surface area contributed by atoms with Gasteiger partial charge in [-0.25, -0.2) is 4.98 Å². The van der Waals surface area contributed by atoms with Gasteiger partial charge in [-0.3, -0.25) is 19.8 Å². The van der Waals surface area contributed by atoms with Gasteiger partial charge in [0.25, 0.3) is 0 Å². The first-order valence-corrected chi connectivity index (χ1v) is 6.40. The number of carbonyl (C=O) groups is 2. The Kier molecular flexibility index (Phi) is 3.54. The summed E-state index contributed by atoms with van der Waals surface area (Å²) >= 11 is 1.64. The maximum absolute atomic E-state index is 11.6. The summed E-state index contributed by atoms with van der Waals surface area (Å²) in [6, 6.07) is -0.388. The number of nitrogens with one attached hydrogen (secondary N) is 1. The second-order valence-corrected chi connectivity index (χ2v) is 5.20. The SMILES string of the molecule is CCc1cnc(CNC2CC(=O)N(C)C2=O)s1. The Morgan fingerprint density at radius 2 is 2.35 bits per heavy atom. The Morgan fingerprint density at radius 1 is 1.59 bits per heavy atom. The number of hydrogen-bond acceptors (Lipinski definition) is 5. The lowest BCUT2D eigenvalue weighted by Crippen LogP contribution is -2.36. The van der Waals surface area contributed by atoms with Crippen LogP contribution in [-0.2, 0) is 22.6 Å². The molecule has 1 aliphatic rings. The topological polar surface area (TPSA) is 62.3 Å². The van der Waals surface area contributed by atoms with Crippen LogP contribution in [0.2, 0.25) is 0 Å². The van der Waals surface area contributed by atoms with Crippen molar-refractivity contribution in [3.8, 4) is 0 Å². The summed E-state index contributed by atoms with van der Waals surface area (Å²) in [7, 11) is 1.52. The first-order chi connectivity index (χ1) is 8.11. The Hall–Kier alpha value is -1.27. The van der Waals surface area contributed by atoms with Crippen LogP contribution in [0.4, 0.5) is 0 Å². The summed E-state index contributed by atoms with van der Waals surface area (Å²) in [4.78, 5) is 29.6.